The van der Waals surface area contributed by atoms with Crippen LogP contribution in [0.15, 0.2) is 0 Å². The molecule has 0 aliphatic heterocycles. The van der Waals surface area contributed by atoms with E-state index in [2.05, 4.69) is 41.5 Å². The average Bonchev–Trinajstić information content (AvgIpc) is 0.920. The van der Waals surface area contributed by atoms with E-state index in [4.69, 9.17) is 37.0 Å². The van der Waals surface area contributed by atoms with Gasteiger partial charge in [-0.2, -0.15) is 0 Å². The number of hydrogen-bond acceptors (Lipinski definition) is 15. The number of rotatable bonds is 86. The van der Waals surface area contributed by atoms with E-state index in [9.17, 15) is 43.2 Å². The summed E-state index contributed by atoms with van der Waals surface area (Å²) in [4.78, 5) is 73.2. The highest BCUT2D eigenvalue weighted by atomic mass is 31.2. The molecule has 17 nitrogen and oxygen atoms in total. The van der Waals surface area contributed by atoms with Crippen LogP contribution in [0.4, 0.5) is 0 Å². The van der Waals surface area contributed by atoms with Crippen LogP contribution in [0.5, 0.6) is 0 Å². The summed E-state index contributed by atoms with van der Waals surface area (Å²) in [5, 5.41) is 10.7. The van der Waals surface area contributed by atoms with Gasteiger partial charge in [0.1, 0.15) is 19.3 Å². The van der Waals surface area contributed by atoms with Crippen molar-refractivity contribution in [3.05, 3.63) is 0 Å². The number of carbonyl (C=O) groups is 4. The van der Waals surface area contributed by atoms with Gasteiger partial charge < -0.3 is 33.8 Å². The van der Waals surface area contributed by atoms with Crippen LogP contribution in [0, 0.1) is 11.8 Å². The molecule has 0 fully saturated rings. The van der Waals surface area contributed by atoms with E-state index in [0.717, 1.165) is 102 Å². The summed E-state index contributed by atoms with van der Waals surface area (Å²) in [6, 6.07) is 0. The highest BCUT2D eigenvalue weighted by Gasteiger charge is 2.30. The molecule has 0 heterocycles. The number of hydrogen-bond donors (Lipinski definition) is 3. The van der Waals surface area contributed by atoms with Gasteiger partial charge in [0, 0.05) is 25.7 Å². The van der Waals surface area contributed by atoms with Crippen LogP contribution >= 0.6 is 15.6 Å². The molecule has 0 rings (SSSR count). The van der Waals surface area contributed by atoms with Gasteiger partial charge in [-0.15, -0.1) is 0 Å². The molecule has 0 aromatic carbocycles. The largest absolute Gasteiger partial charge is 0.472 e. The van der Waals surface area contributed by atoms with Crippen LogP contribution in [0.25, 0.3) is 0 Å². The molecule has 3 N–H and O–H groups in total. The van der Waals surface area contributed by atoms with Crippen LogP contribution in [0.1, 0.15) is 465 Å². The van der Waals surface area contributed by atoms with E-state index in [1.54, 1.807) is 0 Å². The molecule has 0 aliphatic rings. The molecule has 2 unspecified atom stereocenters. The number of aliphatic hydroxyl groups is 1. The Morgan fingerprint density at radius 2 is 0.434 bits per heavy atom. The quantitative estimate of drug-likeness (QED) is 0.0222. The van der Waals surface area contributed by atoms with Crippen molar-refractivity contribution in [1.82, 2.24) is 0 Å². The van der Waals surface area contributed by atoms with Crippen LogP contribution < -0.4 is 0 Å². The number of esters is 4. The van der Waals surface area contributed by atoms with Crippen molar-refractivity contribution in [1.29, 1.82) is 0 Å². The van der Waals surface area contributed by atoms with E-state index >= 15 is 0 Å². The number of phosphoric ester groups is 2. The third-order valence-corrected chi connectivity index (χ3v) is 22.4. The molecule has 0 amide bonds. The SMILES string of the molecule is CCCCCCCCCCCCCCCCCCCCCCCC(=O)OC[C@H](COP(=O)(O)OC[C@@H](O)COP(=O)(O)OC[C@@H](COC(=O)CCCCCCCCCCCCCC)OC(=O)CCCCCCCCCCCC(C)C)OC(=O)CCCCCCCCCCCCCCCCCCCCC(C)C. The van der Waals surface area contributed by atoms with Crippen molar-refractivity contribution < 1.29 is 80.2 Å². The molecule has 0 radical (unpaired) electrons. The third-order valence-electron chi connectivity index (χ3n) is 20.5. The van der Waals surface area contributed by atoms with Crippen molar-refractivity contribution >= 4 is 39.5 Å². The van der Waals surface area contributed by atoms with E-state index in [1.807, 2.05) is 0 Å². The maximum absolute atomic E-state index is 13.2. The van der Waals surface area contributed by atoms with E-state index < -0.39 is 97.5 Å². The van der Waals surface area contributed by atoms with Gasteiger partial charge in [-0.1, -0.05) is 414 Å². The first-order valence-electron chi connectivity index (χ1n) is 45.0. The normalized spacial score (nSPS) is 13.8. The van der Waals surface area contributed by atoms with Crippen molar-refractivity contribution in [3.8, 4) is 0 Å². The van der Waals surface area contributed by atoms with Crippen LogP contribution in [0.3, 0.4) is 0 Å². The summed E-state index contributed by atoms with van der Waals surface area (Å²) >= 11 is 0. The lowest BCUT2D eigenvalue weighted by atomic mass is 10.0. The second kappa shape index (κ2) is 78.3. The summed E-state index contributed by atoms with van der Waals surface area (Å²) in [7, 11) is -9.93. The monoisotopic (exact) mass is 1550 g/mol. The molecule has 0 bridgehead atoms. The molecule has 0 spiro atoms. The summed E-state index contributed by atoms with van der Waals surface area (Å²) in [5.41, 5.74) is 0. The lowest BCUT2D eigenvalue weighted by Gasteiger charge is -2.21. The molecular weight excluding hydrogens is 1380 g/mol. The van der Waals surface area contributed by atoms with Crippen molar-refractivity contribution in [2.24, 2.45) is 11.8 Å². The van der Waals surface area contributed by atoms with Crippen LogP contribution in [0.2, 0.25) is 0 Å². The van der Waals surface area contributed by atoms with E-state index in [-0.39, 0.29) is 25.7 Å². The second-order valence-electron chi connectivity index (χ2n) is 32.2. The van der Waals surface area contributed by atoms with Crippen LogP contribution in [-0.4, -0.2) is 96.7 Å². The Bertz CT molecular complexity index is 2030. The second-order valence-corrected chi connectivity index (χ2v) is 35.1. The minimum Gasteiger partial charge on any atom is -0.462 e. The minimum absolute atomic E-state index is 0.106. The van der Waals surface area contributed by atoms with Gasteiger partial charge in [-0.25, -0.2) is 9.13 Å². The Kier molecular flexibility index (Phi) is 76.9. The smallest absolute Gasteiger partial charge is 0.462 e. The maximum atomic E-state index is 13.2. The molecule has 0 aromatic heterocycles. The van der Waals surface area contributed by atoms with Gasteiger partial charge in [0.15, 0.2) is 12.2 Å². The fourth-order valence-corrected chi connectivity index (χ4v) is 15.2. The molecule has 5 atom stereocenters. The van der Waals surface area contributed by atoms with Gasteiger partial charge in [0.2, 0.25) is 0 Å². The summed E-state index contributed by atoms with van der Waals surface area (Å²) in [6.45, 7) is 9.68. The highest BCUT2D eigenvalue weighted by molar-refractivity contribution is 7.47. The lowest BCUT2D eigenvalue weighted by Crippen LogP contribution is -2.30. The first kappa shape index (κ1) is 104. The topological polar surface area (TPSA) is 237 Å². The predicted molar refractivity (Wildman–Crippen MR) is 437 cm³/mol. The first-order valence-corrected chi connectivity index (χ1v) is 48.0. The molecule has 0 aliphatic carbocycles. The molecule has 0 aromatic rings. The minimum atomic E-state index is -4.97. The molecule has 630 valence electrons. The van der Waals surface area contributed by atoms with Crippen molar-refractivity contribution in [2.75, 3.05) is 39.6 Å². The Morgan fingerprint density at radius 3 is 0.642 bits per heavy atom. The van der Waals surface area contributed by atoms with Gasteiger partial charge >= 0.3 is 39.5 Å². The third kappa shape index (κ3) is 80.1. The zero-order chi connectivity index (χ0) is 77.8. The number of aliphatic hydroxyl groups excluding tert-OH is 1. The molecule has 0 saturated carbocycles. The molecular formula is C87H170O17P2. The summed E-state index contributed by atoms with van der Waals surface area (Å²) in [6.07, 6.45) is 71.0. The Hall–Kier alpha value is -1.94. The van der Waals surface area contributed by atoms with Gasteiger partial charge in [-0.05, 0) is 37.5 Å². The molecule has 0 saturated heterocycles. The van der Waals surface area contributed by atoms with Crippen LogP contribution in [-0.2, 0) is 65.4 Å². The van der Waals surface area contributed by atoms with E-state index in [1.165, 1.54) is 283 Å². The fraction of sp³-hybridized carbons (Fsp3) is 0.954. The Labute approximate surface area is 651 Å². The van der Waals surface area contributed by atoms with Crippen molar-refractivity contribution in [2.45, 2.75) is 484 Å². The first-order chi connectivity index (χ1) is 51.4. The number of ether oxygens (including phenoxy) is 4. The molecule has 106 heavy (non-hydrogen) atoms. The lowest BCUT2D eigenvalue weighted by molar-refractivity contribution is -0.161. The summed E-state index contributed by atoms with van der Waals surface area (Å²) < 4.78 is 68.9. The standard InChI is InChI=1S/C87H170O17P2/c1-7-9-11-13-15-17-19-21-22-23-24-25-26-30-33-36-40-46-52-58-64-70-85(90)98-75-82(103-86(91)71-65-59-53-47-41-37-34-31-28-27-29-32-35-38-43-49-55-61-67-79(3)4)77-101-105(93,94)99-73-81(88)74-100-106(95,96)102-78-83(104-87(92)72-66-60-54-48-42-44-50-56-62-68-80(5)6)76-97-84(89)69-63-57-51-45-39-20-18-16-14-12-10-8-2/h79-83,88H,7-78H2,1-6H3,(H,93,94)(H,95,96)/t81-,82-,83-/m1/s1. The van der Waals surface area contributed by atoms with Gasteiger partial charge in [0.25, 0.3) is 0 Å². The predicted octanol–water partition coefficient (Wildman–Crippen LogP) is 26.6. The van der Waals surface area contributed by atoms with Crippen molar-refractivity contribution in [3.63, 3.8) is 0 Å². The molecule has 19 heteroatoms. The highest BCUT2D eigenvalue weighted by Crippen LogP contribution is 2.45. The average molecular weight is 1550 g/mol. The fourth-order valence-electron chi connectivity index (χ4n) is 13.6. The maximum Gasteiger partial charge on any atom is 0.472 e. The number of carbonyl (C=O) groups excluding carboxylic acids is 4. The number of unbranched alkanes of at least 4 members (excludes halogenated alkanes) is 56. The number of phosphoric acid groups is 2. The summed E-state index contributed by atoms with van der Waals surface area (Å²) in [5.74, 6) is -0.545. The van der Waals surface area contributed by atoms with E-state index in [0.29, 0.717) is 25.7 Å². The Morgan fingerprint density at radius 1 is 0.255 bits per heavy atom. The Balaban J connectivity index is 5.21. The zero-order valence-corrected chi connectivity index (χ0v) is 71.5. The van der Waals surface area contributed by atoms with Gasteiger partial charge in [-0.3, -0.25) is 37.3 Å². The van der Waals surface area contributed by atoms with Gasteiger partial charge in [0.05, 0.1) is 26.4 Å². The zero-order valence-electron chi connectivity index (χ0n) is 69.7.